The van der Waals surface area contributed by atoms with E-state index in [9.17, 15) is 14.0 Å². The predicted octanol–water partition coefficient (Wildman–Crippen LogP) is 3.04. The number of esters is 1. The number of hydrogen-bond acceptors (Lipinski definition) is 5. The van der Waals surface area contributed by atoms with Gasteiger partial charge in [0.15, 0.2) is 5.13 Å². The van der Waals surface area contributed by atoms with Crippen LogP contribution in [0.15, 0.2) is 35.7 Å². The van der Waals surface area contributed by atoms with Crippen LogP contribution in [0.3, 0.4) is 0 Å². The molecule has 1 N–H and O–H groups in total. The Hall–Kier alpha value is -2.54. The van der Waals surface area contributed by atoms with Gasteiger partial charge in [0.2, 0.25) is 5.91 Å². The molecule has 0 aliphatic carbocycles. The van der Waals surface area contributed by atoms with E-state index in [-0.39, 0.29) is 12.4 Å². The van der Waals surface area contributed by atoms with Crippen molar-refractivity contribution in [2.24, 2.45) is 0 Å². The third-order valence-electron chi connectivity index (χ3n) is 2.73. The second-order valence-electron chi connectivity index (χ2n) is 4.47. The SMILES string of the molecule is CCOC(=O)Cc1csc(NC(=O)/C=C/c2ccccc2F)n1. The number of carbonyl (C=O) groups excluding carboxylic acids is 2. The van der Waals surface area contributed by atoms with E-state index in [1.54, 1.807) is 30.5 Å². The molecule has 1 heterocycles. The van der Waals surface area contributed by atoms with Crippen LogP contribution in [-0.2, 0) is 20.7 Å². The molecule has 0 fully saturated rings. The molecule has 2 aromatic rings. The summed E-state index contributed by atoms with van der Waals surface area (Å²) in [6, 6.07) is 6.15. The van der Waals surface area contributed by atoms with E-state index >= 15 is 0 Å². The molecule has 0 bridgehead atoms. The van der Waals surface area contributed by atoms with Crippen molar-refractivity contribution in [1.82, 2.24) is 4.98 Å². The summed E-state index contributed by atoms with van der Waals surface area (Å²) in [5.74, 6) is -1.19. The summed E-state index contributed by atoms with van der Waals surface area (Å²) < 4.78 is 18.2. The molecule has 5 nitrogen and oxygen atoms in total. The molecule has 23 heavy (non-hydrogen) atoms. The van der Waals surface area contributed by atoms with Crippen LogP contribution in [0.1, 0.15) is 18.2 Å². The number of benzene rings is 1. The normalized spacial score (nSPS) is 10.7. The minimum absolute atomic E-state index is 0.0608. The fraction of sp³-hybridized carbons (Fsp3) is 0.188. The highest BCUT2D eigenvalue weighted by Crippen LogP contribution is 2.16. The monoisotopic (exact) mass is 334 g/mol. The fourth-order valence-electron chi connectivity index (χ4n) is 1.73. The number of rotatable bonds is 6. The van der Waals surface area contributed by atoms with Crippen molar-refractivity contribution in [3.8, 4) is 0 Å². The lowest BCUT2D eigenvalue weighted by Crippen LogP contribution is -2.09. The minimum Gasteiger partial charge on any atom is -0.466 e. The lowest BCUT2D eigenvalue weighted by Gasteiger charge is -1.99. The number of aromatic nitrogens is 1. The van der Waals surface area contributed by atoms with E-state index in [4.69, 9.17) is 4.74 Å². The van der Waals surface area contributed by atoms with Crippen molar-refractivity contribution < 1.29 is 18.7 Å². The standard InChI is InChI=1S/C16H15FN2O3S/c1-2-22-15(21)9-12-10-23-16(18-12)19-14(20)8-7-11-5-3-4-6-13(11)17/h3-8,10H,2,9H2,1H3,(H,18,19,20)/b8-7+. The van der Waals surface area contributed by atoms with Gasteiger partial charge < -0.3 is 4.74 Å². The fourth-order valence-corrected chi connectivity index (χ4v) is 2.44. The maximum atomic E-state index is 13.4. The molecule has 0 radical (unpaired) electrons. The first-order chi connectivity index (χ1) is 11.1. The first-order valence-corrected chi connectivity index (χ1v) is 7.80. The third kappa shape index (κ3) is 5.30. The summed E-state index contributed by atoms with van der Waals surface area (Å²) in [6.45, 7) is 2.04. The molecule has 1 aromatic heterocycles. The largest absolute Gasteiger partial charge is 0.466 e. The Morgan fingerprint density at radius 2 is 2.17 bits per heavy atom. The van der Waals surface area contributed by atoms with E-state index in [0.29, 0.717) is 23.0 Å². The third-order valence-corrected chi connectivity index (χ3v) is 3.54. The molecule has 7 heteroatoms. The molecule has 0 aliphatic heterocycles. The summed E-state index contributed by atoms with van der Waals surface area (Å²) in [4.78, 5) is 27.3. The van der Waals surface area contributed by atoms with Crippen molar-refractivity contribution in [2.75, 3.05) is 11.9 Å². The summed E-state index contributed by atoms with van der Waals surface area (Å²) in [7, 11) is 0. The van der Waals surface area contributed by atoms with Gasteiger partial charge in [0.05, 0.1) is 18.7 Å². The lowest BCUT2D eigenvalue weighted by atomic mass is 10.2. The molecule has 0 unspecified atom stereocenters. The maximum Gasteiger partial charge on any atom is 0.311 e. The van der Waals surface area contributed by atoms with Crippen molar-refractivity contribution in [3.05, 3.63) is 52.8 Å². The van der Waals surface area contributed by atoms with Gasteiger partial charge in [-0.3, -0.25) is 14.9 Å². The Morgan fingerprint density at radius 3 is 2.91 bits per heavy atom. The zero-order chi connectivity index (χ0) is 16.7. The Bertz CT molecular complexity index is 728. The Labute approximate surface area is 136 Å². The van der Waals surface area contributed by atoms with Gasteiger partial charge in [-0.1, -0.05) is 18.2 Å². The number of nitrogens with zero attached hydrogens (tertiary/aromatic N) is 1. The van der Waals surface area contributed by atoms with Gasteiger partial charge in [-0.2, -0.15) is 0 Å². The van der Waals surface area contributed by atoms with Crippen molar-refractivity contribution in [2.45, 2.75) is 13.3 Å². The topological polar surface area (TPSA) is 68.3 Å². The molecule has 0 saturated heterocycles. The number of hydrogen-bond donors (Lipinski definition) is 1. The lowest BCUT2D eigenvalue weighted by molar-refractivity contribution is -0.142. The van der Waals surface area contributed by atoms with E-state index in [1.807, 2.05) is 0 Å². The second kappa shape index (κ2) is 8.19. The van der Waals surface area contributed by atoms with Gasteiger partial charge >= 0.3 is 5.97 Å². The number of carbonyl (C=O) groups is 2. The number of anilines is 1. The zero-order valence-corrected chi connectivity index (χ0v) is 13.2. The van der Waals surface area contributed by atoms with Crippen LogP contribution in [0, 0.1) is 5.82 Å². The van der Waals surface area contributed by atoms with Crippen molar-refractivity contribution in [3.63, 3.8) is 0 Å². The molecule has 0 spiro atoms. The van der Waals surface area contributed by atoms with Crippen LogP contribution in [-0.4, -0.2) is 23.5 Å². The molecule has 0 atom stereocenters. The summed E-state index contributed by atoms with van der Waals surface area (Å²) in [5, 5.41) is 4.61. The molecule has 0 aliphatic rings. The van der Waals surface area contributed by atoms with E-state index < -0.39 is 11.7 Å². The highest BCUT2D eigenvalue weighted by molar-refractivity contribution is 7.14. The number of ether oxygens (including phenoxy) is 1. The van der Waals surface area contributed by atoms with Gasteiger partial charge in [-0.15, -0.1) is 11.3 Å². The molecular formula is C16H15FN2O3S. The average Bonchev–Trinajstić information content (AvgIpc) is 2.93. The van der Waals surface area contributed by atoms with Gasteiger partial charge in [0.25, 0.3) is 0 Å². The summed E-state index contributed by atoms with van der Waals surface area (Å²) >= 11 is 1.20. The minimum atomic E-state index is -0.426. The quantitative estimate of drug-likeness (QED) is 0.651. The van der Waals surface area contributed by atoms with Gasteiger partial charge in [0, 0.05) is 17.0 Å². The van der Waals surface area contributed by atoms with E-state index in [1.165, 1.54) is 29.6 Å². The average molecular weight is 334 g/mol. The molecule has 0 saturated carbocycles. The van der Waals surface area contributed by atoms with Crippen molar-refractivity contribution in [1.29, 1.82) is 0 Å². The van der Waals surface area contributed by atoms with Gasteiger partial charge in [0.1, 0.15) is 5.82 Å². The number of thiazole rings is 1. The number of amides is 1. The second-order valence-corrected chi connectivity index (χ2v) is 5.33. The van der Waals surface area contributed by atoms with Crippen LogP contribution < -0.4 is 5.32 Å². The van der Waals surface area contributed by atoms with Crippen LogP contribution in [0.4, 0.5) is 9.52 Å². The Morgan fingerprint density at radius 1 is 1.39 bits per heavy atom. The van der Waals surface area contributed by atoms with Crippen molar-refractivity contribution >= 4 is 34.4 Å². The molecule has 1 amide bonds. The Kier molecular flexibility index (Phi) is 5.99. The van der Waals surface area contributed by atoms with E-state index in [0.717, 1.165) is 0 Å². The zero-order valence-electron chi connectivity index (χ0n) is 12.4. The van der Waals surface area contributed by atoms with Gasteiger partial charge in [-0.05, 0) is 19.1 Å². The Balaban J connectivity index is 1.92. The maximum absolute atomic E-state index is 13.4. The first kappa shape index (κ1) is 16.8. The molecule has 120 valence electrons. The first-order valence-electron chi connectivity index (χ1n) is 6.92. The summed E-state index contributed by atoms with van der Waals surface area (Å²) in [5.41, 5.74) is 0.853. The van der Waals surface area contributed by atoms with Crippen LogP contribution >= 0.6 is 11.3 Å². The van der Waals surface area contributed by atoms with Crippen LogP contribution in [0.5, 0.6) is 0 Å². The molecular weight excluding hydrogens is 319 g/mol. The smallest absolute Gasteiger partial charge is 0.311 e. The highest BCUT2D eigenvalue weighted by atomic mass is 32.1. The number of nitrogens with one attached hydrogen (secondary N) is 1. The van der Waals surface area contributed by atoms with Crippen LogP contribution in [0.2, 0.25) is 0 Å². The van der Waals surface area contributed by atoms with Crippen LogP contribution in [0.25, 0.3) is 6.08 Å². The summed E-state index contributed by atoms with van der Waals surface area (Å²) in [6.07, 6.45) is 2.67. The number of halogens is 1. The van der Waals surface area contributed by atoms with E-state index in [2.05, 4.69) is 10.3 Å². The predicted molar refractivity (Wildman–Crippen MR) is 86.5 cm³/mol. The molecule has 1 aromatic carbocycles. The molecule has 2 rings (SSSR count). The highest BCUT2D eigenvalue weighted by Gasteiger charge is 2.09. The van der Waals surface area contributed by atoms with Gasteiger partial charge in [-0.25, -0.2) is 9.37 Å².